The van der Waals surface area contributed by atoms with Crippen molar-refractivity contribution < 1.29 is 9.59 Å². The van der Waals surface area contributed by atoms with Crippen molar-refractivity contribution >= 4 is 17.5 Å². The highest BCUT2D eigenvalue weighted by atomic mass is 16.2. The van der Waals surface area contributed by atoms with Gasteiger partial charge in [0, 0.05) is 43.0 Å². The number of anilines is 1. The molecule has 3 saturated heterocycles. The van der Waals surface area contributed by atoms with Crippen molar-refractivity contribution in [2.75, 3.05) is 18.4 Å². The van der Waals surface area contributed by atoms with Crippen molar-refractivity contribution in [3.63, 3.8) is 0 Å². The number of fused-ring (bicyclic) bond motifs is 3. The average Bonchev–Trinajstić information content (AvgIpc) is 3.06. The van der Waals surface area contributed by atoms with Crippen LogP contribution in [0.25, 0.3) is 11.3 Å². The lowest BCUT2D eigenvalue weighted by Crippen LogP contribution is -2.62. The summed E-state index contributed by atoms with van der Waals surface area (Å²) in [5.74, 6) is 0.464. The van der Waals surface area contributed by atoms with E-state index in [0.717, 1.165) is 30.0 Å². The molecule has 1 aromatic heterocycles. The van der Waals surface area contributed by atoms with Gasteiger partial charge in [0.05, 0.1) is 0 Å². The van der Waals surface area contributed by atoms with Gasteiger partial charge in [-0.1, -0.05) is 12.1 Å². The Morgan fingerprint density at radius 2 is 1.86 bits per heavy atom. The molecule has 28 heavy (non-hydrogen) atoms. The molecule has 6 heteroatoms. The van der Waals surface area contributed by atoms with Crippen molar-refractivity contribution in [2.24, 2.45) is 13.0 Å². The summed E-state index contributed by atoms with van der Waals surface area (Å²) in [4.78, 5) is 26.8. The molecule has 3 fully saturated rings. The lowest BCUT2D eigenvalue weighted by molar-refractivity contribution is -0.114. The highest BCUT2D eigenvalue weighted by molar-refractivity contribution is 5.94. The van der Waals surface area contributed by atoms with E-state index in [9.17, 15) is 9.59 Å². The molecule has 1 aromatic carbocycles. The third-order valence-electron chi connectivity index (χ3n) is 6.31. The number of hydrogen-bond donors (Lipinski definition) is 2. The molecule has 0 radical (unpaired) electrons. The Labute approximate surface area is 165 Å². The Bertz CT molecular complexity index is 894. The van der Waals surface area contributed by atoms with E-state index in [1.807, 2.05) is 48.0 Å². The first-order chi connectivity index (χ1) is 13.4. The number of nitrogens with zero attached hydrogens (tertiary/aromatic N) is 2. The minimum absolute atomic E-state index is 0.0163. The molecule has 4 heterocycles. The molecule has 2 N–H and O–H groups in total. The molecule has 6 nitrogen and oxygen atoms in total. The number of aromatic nitrogens is 1. The van der Waals surface area contributed by atoms with Gasteiger partial charge in [0.25, 0.3) is 5.91 Å². The molecule has 2 amide bonds. The first-order valence-corrected chi connectivity index (χ1v) is 10.0. The van der Waals surface area contributed by atoms with Gasteiger partial charge in [-0.25, -0.2) is 0 Å². The normalized spacial score (nSPS) is 26.1. The summed E-state index contributed by atoms with van der Waals surface area (Å²) in [5, 5.41) is 6.11. The lowest BCUT2D eigenvalue weighted by atomic mass is 9.79. The van der Waals surface area contributed by atoms with E-state index in [-0.39, 0.29) is 17.9 Å². The zero-order valence-electron chi connectivity index (χ0n) is 16.7. The highest BCUT2D eigenvalue weighted by Crippen LogP contribution is 2.32. The predicted octanol–water partition coefficient (Wildman–Crippen LogP) is 2.86. The number of carbonyl (C=O) groups is 2. The lowest BCUT2D eigenvalue weighted by Gasteiger charge is -2.49. The summed E-state index contributed by atoms with van der Waals surface area (Å²) in [6.07, 6.45) is 2.34. The van der Waals surface area contributed by atoms with E-state index < -0.39 is 0 Å². The fraction of sp³-hybridized carbons (Fsp3) is 0.455. The Morgan fingerprint density at radius 1 is 1.11 bits per heavy atom. The maximum Gasteiger partial charge on any atom is 0.268 e. The Balaban J connectivity index is 1.53. The van der Waals surface area contributed by atoms with Gasteiger partial charge in [0.2, 0.25) is 5.91 Å². The Kier molecular flexibility index (Phi) is 4.98. The maximum absolute atomic E-state index is 13.0. The molecular weight excluding hydrogens is 352 g/mol. The zero-order valence-corrected chi connectivity index (χ0v) is 16.7. The van der Waals surface area contributed by atoms with Gasteiger partial charge in [0.15, 0.2) is 0 Å². The van der Waals surface area contributed by atoms with E-state index in [4.69, 9.17) is 0 Å². The second-order valence-corrected chi connectivity index (χ2v) is 8.04. The SMILES string of the molecule is CC(=O)Nc1cccc(-c2ccc(C(=O)N[C@@H]3C4CCN(CC4)[C@@H]3C)n2C)c1. The van der Waals surface area contributed by atoms with Gasteiger partial charge in [-0.2, -0.15) is 0 Å². The molecular formula is C22H28N4O2. The second-order valence-electron chi connectivity index (χ2n) is 8.04. The quantitative estimate of drug-likeness (QED) is 0.857. The van der Waals surface area contributed by atoms with Gasteiger partial charge in [-0.05, 0) is 63.0 Å². The molecule has 148 valence electrons. The number of amides is 2. The molecule has 5 rings (SSSR count). The molecule has 2 aromatic rings. The van der Waals surface area contributed by atoms with Crippen molar-refractivity contribution in [3.8, 4) is 11.3 Å². The molecule has 0 unspecified atom stereocenters. The number of hydrogen-bond acceptors (Lipinski definition) is 3. The first-order valence-electron chi connectivity index (χ1n) is 10.0. The van der Waals surface area contributed by atoms with E-state index in [2.05, 4.69) is 22.5 Å². The third-order valence-corrected chi connectivity index (χ3v) is 6.31. The van der Waals surface area contributed by atoms with Gasteiger partial charge in [0.1, 0.15) is 5.69 Å². The van der Waals surface area contributed by atoms with Crippen LogP contribution in [0.3, 0.4) is 0 Å². The van der Waals surface area contributed by atoms with Crippen LogP contribution in [0.15, 0.2) is 36.4 Å². The van der Waals surface area contributed by atoms with Gasteiger partial charge in [-0.3, -0.25) is 14.5 Å². The van der Waals surface area contributed by atoms with E-state index in [1.54, 1.807) is 0 Å². The fourth-order valence-corrected chi connectivity index (χ4v) is 4.76. The monoisotopic (exact) mass is 380 g/mol. The van der Waals surface area contributed by atoms with Crippen molar-refractivity contribution in [1.29, 1.82) is 0 Å². The number of carbonyl (C=O) groups excluding carboxylic acids is 2. The summed E-state index contributed by atoms with van der Waals surface area (Å²) in [6.45, 7) is 6.02. The molecule has 2 atom stereocenters. The number of piperidine rings is 3. The predicted molar refractivity (Wildman–Crippen MR) is 110 cm³/mol. The van der Waals surface area contributed by atoms with Crippen LogP contribution < -0.4 is 10.6 Å². The maximum atomic E-state index is 13.0. The van der Waals surface area contributed by atoms with Crippen LogP contribution in [-0.4, -0.2) is 46.5 Å². The van der Waals surface area contributed by atoms with Gasteiger partial charge in [-0.15, -0.1) is 0 Å². The number of rotatable bonds is 4. The van der Waals surface area contributed by atoms with Crippen molar-refractivity contribution in [3.05, 3.63) is 42.1 Å². The minimum Gasteiger partial charge on any atom is -0.346 e. The zero-order chi connectivity index (χ0) is 19.8. The van der Waals surface area contributed by atoms with Crippen molar-refractivity contribution in [1.82, 2.24) is 14.8 Å². The summed E-state index contributed by atoms with van der Waals surface area (Å²) >= 11 is 0. The van der Waals surface area contributed by atoms with Crippen LogP contribution in [0.4, 0.5) is 5.69 Å². The van der Waals surface area contributed by atoms with E-state index in [1.165, 1.54) is 19.8 Å². The van der Waals surface area contributed by atoms with Crippen LogP contribution >= 0.6 is 0 Å². The van der Waals surface area contributed by atoms with Crippen LogP contribution in [0.2, 0.25) is 0 Å². The van der Waals surface area contributed by atoms with E-state index in [0.29, 0.717) is 17.7 Å². The Morgan fingerprint density at radius 3 is 2.54 bits per heavy atom. The highest BCUT2D eigenvalue weighted by Gasteiger charge is 2.40. The summed E-state index contributed by atoms with van der Waals surface area (Å²) < 4.78 is 1.92. The smallest absolute Gasteiger partial charge is 0.268 e. The van der Waals surface area contributed by atoms with Crippen molar-refractivity contribution in [2.45, 2.75) is 38.8 Å². The largest absolute Gasteiger partial charge is 0.346 e. The Hall–Kier alpha value is -2.60. The molecule has 2 bridgehead atoms. The topological polar surface area (TPSA) is 66.4 Å². The van der Waals surface area contributed by atoms with Gasteiger partial charge < -0.3 is 15.2 Å². The van der Waals surface area contributed by atoms with Gasteiger partial charge >= 0.3 is 0 Å². The summed E-state index contributed by atoms with van der Waals surface area (Å²) in [6, 6.07) is 12.1. The summed E-state index contributed by atoms with van der Waals surface area (Å²) in [7, 11) is 1.91. The molecule has 0 spiro atoms. The molecule has 3 aliphatic heterocycles. The molecule has 3 aliphatic rings. The van der Waals surface area contributed by atoms with Crippen LogP contribution in [0.1, 0.15) is 37.2 Å². The second kappa shape index (κ2) is 7.43. The number of benzene rings is 1. The van der Waals surface area contributed by atoms with Crippen LogP contribution in [0.5, 0.6) is 0 Å². The third kappa shape index (κ3) is 3.44. The molecule has 0 saturated carbocycles. The van der Waals surface area contributed by atoms with Crippen LogP contribution in [0, 0.1) is 5.92 Å². The summed E-state index contributed by atoms with van der Waals surface area (Å²) in [5.41, 5.74) is 3.31. The molecule has 0 aliphatic carbocycles. The van der Waals surface area contributed by atoms with E-state index >= 15 is 0 Å². The van der Waals surface area contributed by atoms with Crippen LogP contribution in [-0.2, 0) is 11.8 Å². The first kappa shape index (κ1) is 18.7. The fourth-order valence-electron chi connectivity index (χ4n) is 4.76. The number of nitrogens with one attached hydrogen (secondary N) is 2. The minimum atomic E-state index is -0.101. The standard InChI is InChI=1S/C22H28N4O2/c1-14-21(16-9-11-26(14)12-10-16)24-22(28)20-8-7-19(25(20)3)17-5-4-6-18(13-17)23-15(2)27/h4-8,13-14,16,21H,9-12H2,1-3H3,(H,23,27)(H,24,28)/t14-,21+/m1/s1. The average molecular weight is 380 g/mol.